The van der Waals surface area contributed by atoms with Gasteiger partial charge in [-0.3, -0.25) is 5.10 Å². The van der Waals surface area contributed by atoms with Crippen LogP contribution in [0.1, 0.15) is 43.7 Å². The van der Waals surface area contributed by atoms with Crippen LogP contribution in [0.5, 0.6) is 0 Å². The molecule has 0 aliphatic carbocycles. The zero-order chi connectivity index (χ0) is 17.5. The molecule has 0 amide bonds. The van der Waals surface area contributed by atoms with Crippen LogP contribution in [0.2, 0.25) is 0 Å². The zero-order valence-corrected chi connectivity index (χ0v) is 13.6. The van der Waals surface area contributed by atoms with Crippen LogP contribution in [0, 0.1) is 29.6 Å². The van der Waals surface area contributed by atoms with Gasteiger partial charge in [-0.1, -0.05) is 20.8 Å². The Balaban J connectivity index is 2.10. The number of aromatic amines is 2. The fourth-order valence-electron chi connectivity index (χ4n) is 2.20. The predicted molar refractivity (Wildman–Crippen MR) is 83.0 cm³/mol. The van der Waals surface area contributed by atoms with E-state index in [1.165, 1.54) is 0 Å². The van der Waals surface area contributed by atoms with Crippen LogP contribution in [-0.2, 0) is 5.41 Å². The fourth-order valence-corrected chi connectivity index (χ4v) is 2.20. The number of nitrogens with one attached hydrogen (secondary N) is 2. The van der Waals surface area contributed by atoms with E-state index in [-0.39, 0.29) is 22.8 Å². The summed E-state index contributed by atoms with van der Waals surface area (Å²) in [7, 11) is 0. The summed E-state index contributed by atoms with van der Waals surface area (Å²) in [4.78, 5) is 10.9. The second kappa shape index (κ2) is 5.28. The highest BCUT2D eigenvalue weighted by atomic mass is 15.5. The molecule has 3 rings (SSSR count). The van der Waals surface area contributed by atoms with E-state index in [9.17, 15) is 0 Å². The van der Waals surface area contributed by atoms with Crippen molar-refractivity contribution >= 4 is 17.3 Å². The lowest BCUT2D eigenvalue weighted by molar-refractivity contribution is 0.557. The van der Waals surface area contributed by atoms with Crippen molar-refractivity contribution in [3.63, 3.8) is 0 Å². The second-order valence-corrected chi connectivity index (χ2v) is 6.19. The maximum absolute atomic E-state index is 8.94. The average Bonchev–Trinajstić information content (AvgIpc) is 3.16. The van der Waals surface area contributed by atoms with Gasteiger partial charge in [0.05, 0.1) is 5.69 Å². The Morgan fingerprint density at radius 2 is 1.88 bits per heavy atom. The molecule has 24 heavy (non-hydrogen) atoms. The molecule has 3 aromatic rings. The molecule has 0 bridgehead atoms. The summed E-state index contributed by atoms with van der Waals surface area (Å²) >= 11 is 0. The topological polar surface area (TPSA) is 147 Å². The van der Waals surface area contributed by atoms with Crippen LogP contribution in [0.3, 0.4) is 0 Å². The lowest BCUT2D eigenvalue weighted by Gasteiger charge is -2.16. The van der Waals surface area contributed by atoms with E-state index in [1.54, 1.807) is 11.6 Å². The summed E-state index contributed by atoms with van der Waals surface area (Å²) in [6, 6.07) is 3.68. The number of hydrogen-bond acceptors (Lipinski definition) is 7. The summed E-state index contributed by atoms with van der Waals surface area (Å²) in [6.07, 6.45) is 0. The van der Waals surface area contributed by atoms with Crippen molar-refractivity contribution in [3.8, 4) is 12.1 Å². The molecular weight excluding hydrogens is 308 g/mol. The Bertz CT molecular complexity index is 993. The minimum Gasteiger partial charge on any atom is -0.312 e. The molecule has 3 aromatic heterocycles. The summed E-state index contributed by atoms with van der Waals surface area (Å²) in [5, 5.41) is 33.5. The summed E-state index contributed by atoms with van der Waals surface area (Å²) < 4.78 is 1.55. The van der Waals surface area contributed by atoms with Crippen molar-refractivity contribution in [2.45, 2.75) is 33.1 Å². The van der Waals surface area contributed by atoms with Gasteiger partial charge in [-0.25, -0.2) is 4.98 Å². The lowest BCUT2D eigenvalue weighted by atomic mass is 9.91. The summed E-state index contributed by atoms with van der Waals surface area (Å²) in [5.74, 6) is 0.688. The second-order valence-electron chi connectivity index (χ2n) is 6.19. The van der Waals surface area contributed by atoms with Gasteiger partial charge in [-0.15, -0.1) is 15.3 Å². The van der Waals surface area contributed by atoms with E-state index in [1.807, 2.05) is 32.9 Å². The van der Waals surface area contributed by atoms with Gasteiger partial charge in [0.1, 0.15) is 18.0 Å². The van der Waals surface area contributed by atoms with Gasteiger partial charge in [-0.05, 0) is 6.92 Å². The lowest BCUT2D eigenvalue weighted by Crippen LogP contribution is -2.12. The third kappa shape index (κ3) is 2.50. The average molecular weight is 322 g/mol. The first-order chi connectivity index (χ1) is 11.3. The molecule has 0 radical (unpaired) electrons. The van der Waals surface area contributed by atoms with Gasteiger partial charge in [0.2, 0.25) is 11.6 Å². The van der Waals surface area contributed by atoms with Crippen molar-refractivity contribution in [1.82, 2.24) is 29.8 Å². The van der Waals surface area contributed by atoms with Crippen LogP contribution >= 0.6 is 0 Å². The Morgan fingerprint density at radius 3 is 2.46 bits per heavy atom. The molecule has 0 saturated carbocycles. The van der Waals surface area contributed by atoms with Crippen LogP contribution in [0.15, 0.2) is 10.2 Å². The summed E-state index contributed by atoms with van der Waals surface area (Å²) in [6.45, 7) is 7.86. The molecule has 0 saturated heterocycles. The monoisotopic (exact) mass is 322 g/mol. The number of nitrogens with zero attached hydrogens (tertiary/aromatic N) is 8. The van der Waals surface area contributed by atoms with Crippen LogP contribution in [-0.4, -0.2) is 29.8 Å². The molecule has 120 valence electrons. The first kappa shape index (κ1) is 15.4. The van der Waals surface area contributed by atoms with E-state index >= 15 is 0 Å². The van der Waals surface area contributed by atoms with Crippen molar-refractivity contribution in [2.75, 3.05) is 0 Å². The normalized spacial score (nSPS) is 11.9. The van der Waals surface area contributed by atoms with E-state index in [4.69, 9.17) is 10.5 Å². The van der Waals surface area contributed by atoms with Gasteiger partial charge in [0.15, 0.2) is 17.1 Å². The highest BCUT2D eigenvalue weighted by molar-refractivity contribution is 5.67. The van der Waals surface area contributed by atoms with Crippen LogP contribution < -0.4 is 0 Å². The molecule has 2 N–H and O–H groups in total. The molecule has 0 aromatic carbocycles. The number of fused-ring (bicyclic) bond motifs is 1. The van der Waals surface area contributed by atoms with Crippen molar-refractivity contribution in [3.05, 3.63) is 22.9 Å². The van der Waals surface area contributed by atoms with Gasteiger partial charge in [0, 0.05) is 5.41 Å². The molecule has 0 fully saturated rings. The van der Waals surface area contributed by atoms with E-state index in [2.05, 4.69) is 35.4 Å². The molecule has 0 unspecified atom stereocenters. The van der Waals surface area contributed by atoms with Gasteiger partial charge in [0.25, 0.3) is 0 Å². The smallest absolute Gasteiger partial charge is 0.249 e. The Kier molecular flexibility index (Phi) is 3.38. The molecule has 0 atom stereocenters. The number of azo groups is 1. The SMILES string of the molecule is Cc1nc2c(N=Nc3nc(C#N)c(C#N)[nH]3)c(C(C)(C)C)[nH]n2n1. The molecule has 0 aliphatic rings. The maximum Gasteiger partial charge on any atom is 0.249 e. The number of nitriles is 2. The quantitative estimate of drug-likeness (QED) is 0.696. The molecule has 0 spiro atoms. The molecular formula is C14H14N10. The number of aromatic nitrogens is 6. The van der Waals surface area contributed by atoms with Crippen molar-refractivity contribution < 1.29 is 0 Å². The maximum atomic E-state index is 8.94. The predicted octanol–water partition coefficient (Wildman–Crippen LogP) is 2.55. The zero-order valence-electron chi connectivity index (χ0n) is 13.6. The molecule has 3 heterocycles. The fraction of sp³-hybridized carbons (Fsp3) is 0.357. The van der Waals surface area contributed by atoms with Gasteiger partial charge < -0.3 is 4.98 Å². The van der Waals surface area contributed by atoms with Gasteiger partial charge >= 0.3 is 0 Å². The van der Waals surface area contributed by atoms with E-state index < -0.39 is 0 Å². The highest BCUT2D eigenvalue weighted by Gasteiger charge is 2.25. The molecule has 10 nitrogen and oxygen atoms in total. The minimum atomic E-state index is -0.233. The largest absolute Gasteiger partial charge is 0.312 e. The van der Waals surface area contributed by atoms with Crippen molar-refractivity contribution in [2.24, 2.45) is 10.2 Å². The van der Waals surface area contributed by atoms with Crippen LogP contribution in [0.4, 0.5) is 11.6 Å². The Hall–Kier alpha value is -3.53. The number of H-pyrrole nitrogens is 2. The molecule has 0 aliphatic heterocycles. The van der Waals surface area contributed by atoms with E-state index in [0.29, 0.717) is 17.2 Å². The minimum absolute atomic E-state index is 0.0139. The standard InChI is InChI=1S/C14H14N10/c1-7-17-12-10(11(14(2,3)4)23-24(12)22-7)20-21-13-18-8(5-15)9(6-16)19-13/h23H,1-4H3,(H,18,19). The number of rotatable bonds is 2. The number of imidazole rings is 1. The first-order valence-corrected chi connectivity index (χ1v) is 7.11. The van der Waals surface area contributed by atoms with Gasteiger partial charge in [-0.2, -0.15) is 20.1 Å². The number of aryl methyl sites for hydroxylation is 1. The van der Waals surface area contributed by atoms with E-state index in [0.717, 1.165) is 5.69 Å². The van der Waals surface area contributed by atoms with Crippen LogP contribution in [0.25, 0.3) is 5.65 Å². The third-order valence-electron chi connectivity index (χ3n) is 3.28. The number of hydrogen-bond donors (Lipinski definition) is 2. The Morgan fingerprint density at radius 1 is 1.12 bits per heavy atom. The molecule has 10 heteroatoms. The Labute approximate surface area is 136 Å². The van der Waals surface area contributed by atoms with Crippen molar-refractivity contribution in [1.29, 1.82) is 10.5 Å². The summed E-state index contributed by atoms with van der Waals surface area (Å²) in [5.41, 5.74) is 1.71. The first-order valence-electron chi connectivity index (χ1n) is 7.11. The highest BCUT2D eigenvalue weighted by Crippen LogP contribution is 2.34. The third-order valence-corrected chi connectivity index (χ3v) is 3.28.